The van der Waals surface area contributed by atoms with Gasteiger partial charge >= 0.3 is 0 Å². The van der Waals surface area contributed by atoms with Crippen molar-refractivity contribution < 1.29 is 9.26 Å². The molecule has 4 nitrogen and oxygen atoms in total. The van der Waals surface area contributed by atoms with Gasteiger partial charge in [0, 0.05) is 6.07 Å². The van der Waals surface area contributed by atoms with Crippen molar-refractivity contribution in [3.05, 3.63) is 47.3 Å². The number of aryl methyl sites for hydroxylation is 1. The van der Waals surface area contributed by atoms with Gasteiger partial charge in [-0.3, -0.25) is 0 Å². The number of nitrogens with two attached hydrogens (primary N) is 1. The standard InChI is InChI=1S/C13H16N2O2/c1-10-8-12(15-17-10)9-16-13-4-2-11(3-5-13)6-7-14/h2-5,8H,6-7,9,14H2,1H3. The Hall–Kier alpha value is -1.81. The van der Waals surface area contributed by atoms with E-state index < -0.39 is 0 Å². The van der Waals surface area contributed by atoms with Crippen LogP contribution >= 0.6 is 0 Å². The number of rotatable bonds is 5. The predicted molar refractivity (Wildman–Crippen MR) is 64.8 cm³/mol. The van der Waals surface area contributed by atoms with E-state index in [4.69, 9.17) is 15.0 Å². The quantitative estimate of drug-likeness (QED) is 0.857. The first-order valence-electron chi connectivity index (χ1n) is 5.62. The number of hydrogen-bond acceptors (Lipinski definition) is 4. The molecule has 0 spiro atoms. The van der Waals surface area contributed by atoms with Crippen LogP contribution in [-0.2, 0) is 13.0 Å². The summed E-state index contributed by atoms with van der Waals surface area (Å²) >= 11 is 0. The second-order valence-electron chi connectivity index (χ2n) is 3.90. The summed E-state index contributed by atoms with van der Waals surface area (Å²) in [4.78, 5) is 0. The van der Waals surface area contributed by atoms with Crippen molar-refractivity contribution in [1.82, 2.24) is 5.16 Å². The number of hydrogen-bond donors (Lipinski definition) is 1. The zero-order chi connectivity index (χ0) is 12.1. The average molecular weight is 232 g/mol. The molecule has 0 fully saturated rings. The highest BCUT2D eigenvalue weighted by Crippen LogP contribution is 2.14. The SMILES string of the molecule is Cc1cc(COc2ccc(CCN)cc2)no1. The Morgan fingerprint density at radius 2 is 2.06 bits per heavy atom. The summed E-state index contributed by atoms with van der Waals surface area (Å²) in [5, 5.41) is 3.86. The molecule has 2 N–H and O–H groups in total. The second-order valence-corrected chi connectivity index (χ2v) is 3.90. The Morgan fingerprint density at radius 3 is 2.65 bits per heavy atom. The van der Waals surface area contributed by atoms with E-state index in [2.05, 4.69) is 5.16 Å². The fourth-order valence-corrected chi connectivity index (χ4v) is 1.56. The van der Waals surface area contributed by atoms with Gasteiger partial charge < -0.3 is 15.0 Å². The first-order valence-corrected chi connectivity index (χ1v) is 5.62. The molecule has 0 saturated heterocycles. The summed E-state index contributed by atoms with van der Waals surface area (Å²) in [5.41, 5.74) is 7.50. The molecule has 0 radical (unpaired) electrons. The minimum atomic E-state index is 0.424. The zero-order valence-electron chi connectivity index (χ0n) is 9.85. The van der Waals surface area contributed by atoms with Gasteiger partial charge in [-0.25, -0.2) is 0 Å². The first kappa shape index (κ1) is 11.7. The lowest BCUT2D eigenvalue weighted by Crippen LogP contribution is -2.02. The monoisotopic (exact) mass is 232 g/mol. The Morgan fingerprint density at radius 1 is 1.29 bits per heavy atom. The van der Waals surface area contributed by atoms with E-state index in [-0.39, 0.29) is 0 Å². The maximum atomic E-state index is 5.58. The van der Waals surface area contributed by atoms with Crippen LogP contribution < -0.4 is 10.5 Å². The molecular formula is C13H16N2O2. The maximum Gasteiger partial charge on any atom is 0.134 e. The smallest absolute Gasteiger partial charge is 0.134 e. The van der Waals surface area contributed by atoms with Crippen LogP contribution in [0.4, 0.5) is 0 Å². The molecule has 0 unspecified atom stereocenters. The first-order chi connectivity index (χ1) is 8.28. The lowest BCUT2D eigenvalue weighted by atomic mass is 10.1. The van der Waals surface area contributed by atoms with Crippen LogP contribution in [0.5, 0.6) is 5.75 Å². The molecule has 2 aromatic rings. The molecule has 0 aliphatic rings. The molecular weight excluding hydrogens is 216 g/mol. The Bertz CT molecular complexity index is 463. The third-order valence-electron chi connectivity index (χ3n) is 2.42. The molecule has 0 atom stereocenters. The maximum absolute atomic E-state index is 5.58. The molecule has 2 rings (SSSR count). The fourth-order valence-electron chi connectivity index (χ4n) is 1.56. The summed E-state index contributed by atoms with van der Waals surface area (Å²) in [5.74, 6) is 1.62. The highest BCUT2D eigenvalue weighted by atomic mass is 16.5. The van der Waals surface area contributed by atoms with Crippen LogP contribution in [0, 0.1) is 6.92 Å². The highest BCUT2D eigenvalue weighted by Gasteiger charge is 2.01. The van der Waals surface area contributed by atoms with Crippen molar-refractivity contribution >= 4 is 0 Å². The van der Waals surface area contributed by atoms with Crippen molar-refractivity contribution in [1.29, 1.82) is 0 Å². The van der Waals surface area contributed by atoms with Crippen molar-refractivity contribution in [2.75, 3.05) is 6.54 Å². The highest BCUT2D eigenvalue weighted by molar-refractivity contribution is 5.27. The van der Waals surface area contributed by atoms with E-state index in [9.17, 15) is 0 Å². The molecule has 1 aromatic heterocycles. The van der Waals surface area contributed by atoms with Crippen molar-refractivity contribution in [2.45, 2.75) is 20.0 Å². The van der Waals surface area contributed by atoms with Gasteiger partial charge in [0.15, 0.2) is 0 Å². The molecule has 1 aromatic carbocycles. The largest absolute Gasteiger partial charge is 0.487 e. The fraction of sp³-hybridized carbons (Fsp3) is 0.308. The summed E-state index contributed by atoms with van der Waals surface area (Å²) in [7, 11) is 0. The van der Waals surface area contributed by atoms with E-state index >= 15 is 0 Å². The van der Waals surface area contributed by atoms with Gasteiger partial charge in [0.05, 0.1) is 0 Å². The van der Waals surface area contributed by atoms with E-state index in [0.29, 0.717) is 13.2 Å². The number of aromatic nitrogens is 1. The molecule has 0 saturated carbocycles. The second kappa shape index (κ2) is 5.50. The lowest BCUT2D eigenvalue weighted by molar-refractivity contribution is 0.288. The zero-order valence-corrected chi connectivity index (χ0v) is 9.85. The van der Waals surface area contributed by atoms with Gasteiger partial charge in [-0.1, -0.05) is 17.3 Å². The molecule has 4 heteroatoms. The summed E-state index contributed by atoms with van der Waals surface area (Å²) in [6, 6.07) is 9.80. The topological polar surface area (TPSA) is 61.3 Å². The number of nitrogens with zero attached hydrogens (tertiary/aromatic N) is 1. The van der Waals surface area contributed by atoms with E-state index in [1.807, 2.05) is 37.3 Å². The van der Waals surface area contributed by atoms with E-state index in [1.54, 1.807) is 0 Å². The van der Waals surface area contributed by atoms with Crippen LogP contribution in [0.25, 0.3) is 0 Å². The van der Waals surface area contributed by atoms with Crippen LogP contribution in [0.1, 0.15) is 17.0 Å². The lowest BCUT2D eigenvalue weighted by Gasteiger charge is -2.04. The van der Waals surface area contributed by atoms with Gasteiger partial charge in [0.2, 0.25) is 0 Å². The average Bonchev–Trinajstić information content (AvgIpc) is 2.75. The van der Waals surface area contributed by atoms with E-state index in [0.717, 1.165) is 23.6 Å². The summed E-state index contributed by atoms with van der Waals surface area (Å²) < 4.78 is 10.5. The Kier molecular flexibility index (Phi) is 3.77. The summed E-state index contributed by atoms with van der Waals surface area (Å²) in [6.45, 7) is 2.95. The normalized spacial score (nSPS) is 10.5. The van der Waals surface area contributed by atoms with Gasteiger partial charge in [0.25, 0.3) is 0 Å². The Labute approximate surface area is 100 Å². The molecule has 90 valence electrons. The third-order valence-corrected chi connectivity index (χ3v) is 2.42. The van der Waals surface area contributed by atoms with Crippen molar-refractivity contribution in [2.24, 2.45) is 5.73 Å². The molecule has 0 aliphatic carbocycles. The van der Waals surface area contributed by atoms with Gasteiger partial charge in [-0.05, 0) is 37.6 Å². The van der Waals surface area contributed by atoms with Crippen molar-refractivity contribution in [3.8, 4) is 5.75 Å². The van der Waals surface area contributed by atoms with Gasteiger partial charge in [0.1, 0.15) is 23.8 Å². The van der Waals surface area contributed by atoms with Crippen LogP contribution in [0.15, 0.2) is 34.9 Å². The van der Waals surface area contributed by atoms with Crippen LogP contribution in [0.3, 0.4) is 0 Å². The minimum absolute atomic E-state index is 0.424. The number of ether oxygens (including phenoxy) is 1. The minimum Gasteiger partial charge on any atom is -0.487 e. The van der Waals surface area contributed by atoms with E-state index in [1.165, 1.54) is 5.56 Å². The molecule has 0 amide bonds. The summed E-state index contributed by atoms with van der Waals surface area (Å²) in [6.07, 6.45) is 0.892. The molecule has 1 heterocycles. The molecule has 0 aliphatic heterocycles. The van der Waals surface area contributed by atoms with Crippen LogP contribution in [-0.4, -0.2) is 11.7 Å². The Balaban J connectivity index is 1.90. The van der Waals surface area contributed by atoms with Crippen LogP contribution in [0.2, 0.25) is 0 Å². The van der Waals surface area contributed by atoms with Crippen molar-refractivity contribution in [3.63, 3.8) is 0 Å². The number of benzene rings is 1. The predicted octanol–water partition coefficient (Wildman–Crippen LogP) is 2.06. The third kappa shape index (κ3) is 3.32. The molecule has 0 bridgehead atoms. The molecule has 17 heavy (non-hydrogen) atoms. The van der Waals surface area contributed by atoms with Gasteiger partial charge in [-0.2, -0.15) is 0 Å². The van der Waals surface area contributed by atoms with Gasteiger partial charge in [-0.15, -0.1) is 0 Å².